The van der Waals surface area contributed by atoms with E-state index in [0.29, 0.717) is 25.6 Å². The van der Waals surface area contributed by atoms with E-state index in [4.69, 9.17) is 42.2 Å². The fraction of sp³-hybridized carbons (Fsp3) is 0.789. The van der Waals surface area contributed by atoms with Gasteiger partial charge in [-0.05, 0) is 38.3 Å². The molecule has 118 heavy (non-hydrogen) atoms. The van der Waals surface area contributed by atoms with E-state index in [-0.39, 0.29) is 39.7 Å². The van der Waals surface area contributed by atoms with Crippen LogP contribution in [0.1, 0.15) is 390 Å². The van der Waals surface area contributed by atoms with E-state index in [9.17, 15) is 49.3 Å². The summed E-state index contributed by atoms with van der Waals surface area (Å²) < 4.78 is 73.0. The quantitative estimate of drug-likeness (QED) is 0.0103. The number of nitrogens with zero attached hydrogens (tertiary/aromatic N) is 5. The number of hydrogen-bond acceptors (Lipinski definition) is 22. The number of ether oxygens (including phenoxy) is 7. The van der Waals surface area contributed by atoms with E-state index >= 15 is 4.57 Å². The van der Waals surface area contributed by atoms with Gasteiger partial charge in [0.25, 0.3) is 11.1 Å². The molecule has 0 spiro atoms. The number of amides is 1. The maximum absolute atomic E-state index is 15.4. The standard InChI is InChI=1S/C90H149N8O19P/c1-7-10-13-16-19-22-25-28-31-34-37-40-43-46-49-52-57-109-73-61-72(62-74(110-58-53-50-47-44-41-38-35-32-29-26-23-20-17-14-11-8-2)81(73)111-59-54-51-48-45-42-39-36-33-30-27-24-21-18-15-12-9-3)86(104)112-68-79(100)117-89(106)63-77(98-69-92-80-82(98)93-87(95-85(80)103)94-83(101)70(4)5)116-76(89)67-114-118(108,113-60-55-56-91)90(107)64-78(115-75(90)66-99)97-65-71(6)84(102)96-88(97)105/h61-62,65,69-70,75-78,99,106-107H,7-55,57-60,63-64,66-68H2,1-6H3,(H,96,102,105)(H2,93,94,95,101,103)/t75-,76-,77-,78-,89-,90-,118?/m1/s1. The maximum atomic E-state index is 15.4. The average molecular weight is 1680 g/mol. The maximum Gasteiger partial charge on any atom is 0.365 e. The number of carbonyl (C=O) groups is 3. The number of aryl methyl sites for hydroxylation is 1. The Hall–Kier alpha value is -6.50. The van der Waals surface area contributed by atoms with Crippen molar-refractivity contribution >= 4 is 42.6 Å². The predicted octanol–water partition coefficient (Wildman–Crippen LogP) is 20.0. The van der Waals surface area contributed by atoms with Crippen molar-refractivity contribution in [1.82, 2.24) is 29.1 Å². The van der Waals surface area contributed by atoms with Crippen LogP contribution in [0.25, 0.3) is 11.2 Å². The zero-order chi connectivity index (χ0) is 85.1. The smallest absolute Gasteiger partial charge is 0.365 e. The van der Waals surface area contributed by atoms with Gasteiger partial charge in [0.2, 0.25) is 23.4 Å². The molecule has 27 nitrogen and oxygen atoms in total. The Bertz CT molecular complexity index is 3700. The minimum Gasteiger partial charge on any atom is -0.490 e. The Balaban J connectivity index is 1.20. The fourth-order valence-electron chi connectivity index (χ4n) is 15.4. The number of nitriles is 1. The van der Waals surface area contributed by atoms with E-state index in [1.165, 1.54) is 255 Å². The van der Waals surface area contributed by atoms with Crippen molar-refractivity contribution in [2.45, 2.75) is 405 Å². The zero-order valence-corrected chi connectivity index (χ0v) is 73.7. The number of esters is 2. The molecule has 6 rings (SSSR count). The lowest BCUT2D eigenvalue weighted by Gasteiger charge is -2.35. The van der Waals surface area contributed by atoms with Crippen molar-refractivity contribution in [3.05, 3.63) is 67.0 Å². The molecule has 2 fully saturated rings. The first kappa shape index (κ1) is 100. The number of aromatic nitrogens is 6. The number of fused-ring (bicyclic) bond motifs is 1. The van der Waals surface area contributed by atoms with Crippen molar-refractivity contribution in [2.75, 3.05) is 51.6 Å². The normalized spacial score (nSPS) is 18.4. The highest BCUT2D eigenvalue weighted by molar-refractivity contribution is 7.55. The lowest BCUT2D eigenvalue weighted by Crippen LogP contribution is -2.47. The van der Waals surface area contributed by atoms with Gasteiger partial charge >= 0.3 is 25.2 Å². The molecule has 1 aromatic carbocycles. The molecule has 28 heteroatoms. The van der Waals surface area contributed by atoms with Gasteiger partial charge in [0.1, 0.15) is 24.7 Å². The number of anilines is 1. The SMILES string of the molecule is CCCCCCCCCCCCCCCCCCOc1cc(C(=O)OCC(=O)O[C@]2(O)C[C@H](n3cnc4c(=O)[nH]c(NC(=O)C(C)C)nc43)O[C@@H]2COP(=O)(OCCC#N)[C@]2(O)C[C@H](n3cc(C)c(=O)[nH]c3=O)O[C@@H]2CO)cc(OCCCCCCCCCCCCCCCCCC)c1OCCCCCCCCCCCCCCCCCC. The Morgan fingerprint density at radius 2 is 1.01 bits per heavy atom. The highest BCUT2D eigenvalue weighted by Crippen LogP contribution is 2.66. The van der Waals surface area contributed by atoms with Crippen molar-refractivity contribution in [1.29, 1.82) is 5.26 Å². The molecule has 2 aliphatic heterocycles. The molecule has 2 saturated heterocycles. The first-order chi connectivity index (χ1) is 57.2. The summed E-state index contributed by atoms with van der Waals surface area (Å²) in [6.07, 6.45) is 52.4. The summed E-state index contributed by atoms with van der Waals surface area (Å²) in [6.45, 7) is 8.68. The molecule has 0 saturated carbocycles. The van der Waals surface area contributed by atoms with Crippen LogP contribution in [0.5, 0.6) is 17.2 Å². The second-order valence-electron chi connectivity index (χ2n) is 33.2. The molecular weight excluding hydrogens is 1530 g/mol. The zero-order valence-electron chi connectivity index (χ0n) is 72.8. The molecule has 5 heterocycles. The second kappa shape index (κ2) is 57.7. The van der Waals surface area contributed by atoms with Gasteiger partial charge in [-0.1, -0.05) is 324 Å². The number of nitrogens with one attached hydrogen (secondary N) is 3. The summed E-state index contributed by atoms with van der Waals surface area (Å²) in [7, 11) is -5.23. The molecule has 0 bridgehead atoms. The highest BCUT2D eigenvalue weighted by atomic mass is 31.2. The molecule has 668 valence electrons. The van der Waals surface area contributed by atoms with Crippen molar-refractivity contribution in [3.8, 4) is 23.3 Å². The van der Waals surface area contributed by atoms with Crippen molar-refractivity contribution in [2.24, 2.45) is 5.92 Å². The molecule has 2 aliphatic rings. The van der Waals surface area contributed by atoms with Gasteiger partial charge < -0.3 is 57.5 Å². The van der Waals surface area contributed by atoms with Crippen LogP contribution in [-0.4, -0.2) is 132 Å². The van der Waals surface area contributed by atoms with E-state index in [0.717, 1.165) is 94.1 Å². The van der Waals surface area contributed by atoms with Crippen molar-refractivity contribution in [3.63, 3.8) is 0 Å². The van der Waals surface area contributed by atoms with Gasteiger partial charge in [0.05, 0.1) is 70.4 Å². The minimum absolute atomic E-state index is 0.0239. The lowest BCUT2D eigenvalue weighted by molar-refractivity contribution is -0.232. The molecule has 0 radical (unpaired) electrons. The number of hydrogen-bond donors (Lipinski definition) is 6. The predicted molar refractivity (Wildman–Crippen MR) is 459 cm³/mol. The van der Waals surface area contributed by atoms with Crippen LogP contribution in [0.2, 0.25) is 0 Å². The number of H-pyrrole nitrogens is 2. The van der Waals surface area contributed by atoms with Gasteiger partial charge in [0.15, 0.2) is 34.6 Å². The topological polar surface area (TPSA) is 366 Å². The van der Waals surface area contributed by atoms with Gasteiger partial charge in [-0.25, -0.2) is 19.4 Å². The van der Waals surface area contributed by atoms with Crippen LogP contribution in [0.3, 0.4) is 0 Å². The molecule has 3 aromatic heterocycles. The van der Waals surface area contributed by atoms with Crippen LogP contribution in [-0.2, 0) is 42.1 Å². The monoisotopic (exact) mass is 1680 g/mol. The third kappa shape index (κ3) is 35.5. The minimum atomic E-state index is -5.23. The van der Waals surface area contributed by atoms with Crippen LogP contribution in [0.4, 0.5) is 5.95 Å². The Morgan fingerprint density at radius 1 is 0.585 bits per heavy atom. The summed E-state index contributed by atoms with van der Waals surface area (Å²) in [5.74, 6) is -5.45. The number of aromatic amines is 2. The van der Waals surface area contributed by atoms with E-state index < -0.39 is 130 Å². The fourth-order valence-corrected chi connectivity index (χ4v) is 17.5. The van der Waals surface area contributed by atoms with Crippen LogP contribution in [0.15, 0.2) is 39.0 Å². The number of benzene rings is 1. The Morgan fingerprint density at radius 3 is 1.44 bits per heavy atom. The first-order valence-corrected chi connectivity index (χ1v) is 47.5. The summed E-state index contributed by atoms with van der Waals surface area (Å²) in [5.41, 5.74) is -2.78. The molecule has 6 N–H and O–H groups in total. The van der Waals surface area contributed by atoms with E-state index in [2.05, 4.69) is 46.0 Å². The summed E-state index contributed by atoms with van der Waals surface area (Å²) >= 11 is 0. The van der Waals surface area contributed by atoms with Gasteiger partial charge in [-0.15, -0.1) is 0 Å². The number of imidazole rings is 1. The average Bonchev–Trinajstić information content (AvgIpc) is 1.60. The first-order valence-electron chi connectivity index (χ1n) is 45.9. The van der Waals surface area contributed by atoms with Gasteiger partial charge in [-0.2, -0.15) is 10.2 Å². The molecule has 0 aliphatic carbocycles. The molecule has 7 atom stereocenters. The molecular formula is C90H149N8O19P. The molecule has 1 amide bonds. The number of aliphatic hydroxyl groups is 3. The van der Waals surface area contributed by atoms with Crippen LogP contribution in [0, 0.1) is 24.2 Å². The van der Waals surface area contributed by atoms with Gasteiger partial charge in [-0.3, -0.25) is 43.4 Å². The number of unbranched alkanes of at least 4 members (excludes halogenated alkanes) is 45. The molecule has 1 unspecified atom stereocenters. The Labute approximate surface area is 702 Å². The summed E-state index contributed by atoms with van der Waals surface area (Å²) in [5, 5.41) is 45.2. The highest BCUT2D eigenvalue weighted by Gasteiger charge is 2.63. The second-order valence-corrected chi connectivity index (χ2v) is 35.5. The number of aliphatic hydroxyl groups excluding tert-OH is 1. The van der Waals surface area contributed by atoms with Crippen molar-refractivity contribution < 1.29 is 76.5 Å². The summed E-state index contributed by atoms with van der Waals surface area (Å²) in [4.78, 5) is 94.1. The largest absolute Gasteiger partial charge is 0.490 e. The van der Waals surface area contributed by atoms with Crippen LogP contribution >= 0.6 is 7.60 Å². The third-order valence-electron chi connectivity index (χ3n) is 22.7. The van der Waals surface area contributed by atoms with E-state index in [1.54, 1.807) is 13.8 Å². The van der Waals surface area contributed by atoms with Gasteiger partial charge in [0, 0.05) is 24.1 Å². The lowest BCUT2D eigenvalue weighted by atomic mass is 10.0. The van der Waals surface area contributed by atoms with E-state index in [1.807, 2.05) is 6.07 Å². The summed E-state index contributed by atoms with van der Waals surface area (Å²) in [6, 6.07) is 4.91. The Kier molecular flexibility index (Phi) is 49.1. The van der Waals surface area contributed by atoms with Crippen LogP contribution < -0.4 is 36.3 Å². The third-order valence-corrected chi connectivity index (χ3v) is 25.1. The number of rotatable bonds is 70. The number of carbonyl (C=O) groups excluding carboxylic acids is 3. The molecule has 4 aromatic rings.